The molecule has 0 aliphatic carbocycles. The minimum absolute atomic E-state index is 0.0175. The molecule has 3 aromatic carbocycles. The summed E-state index contributed by atoms with van der Waals surface area (Å²) in [4.78, 5) is 27.3. The average molecular weight is 537 g/mol. The Labute approximate surface area is 210 Å². The number of ether oxygens (including phenoxy) is 3. The van der Waals surface area contributed by atoms with E-state index in [4.69, 9.17) is 14.2 Å². The van der Waals surface area contributed by atoms with Gasteiger partial charge in [0.05, 0.1) is 16.5 Å². The van der Waals surface area contributed by atoms with E-state index < -0.39 is 10.9 Å². The normalized spacial score (nSPS) is 14.0. The van der Waals surface area contributed by atoms with Crippen LogP contribution in [0.25, 0.3) is 6.08 Å². The Morgan fingerprint density at radius 2 is 1.94 bits per heavy atom. The zero-order chi connectivity index (χ0) is 25.1. The Morgan fingerprint density at radius 1 is 1.14 bits per heavy atom. The van der Waals surface area contributed by atoms with E-state index in [0.717, 1.165) is 11.1 Å². The molecule has 4 rings (SSSR count). The quantitative estimate of drug-likeness (QED) is 0.161. The minimum Gasteiger partial charge on any atom is -0.493 e. The van der Waals surface area contributed by atoms with Crippen molar-refractivity contribution in [2.75, 3.05) is 7.11 Å². The van der Waals surface area contributed by atoms with Crippen molar-refractivity contribution in [3.63, 3.8) is 0 Å². The van der Waals surface area contributed by atoms with Gasteiger partial charge in [0, 0.05) is 17.2 Å². The molecule has 0 saturated heterocycles. The maximum Gasteiger partial charge on any atom is 0.363 e. The topological polar surface area (TPSA) is 100 Å². The number of benzene rings is 3. The van der Waals surface area contributed by atoms with Crippen molar-refractivity contribution in [3.05, 3.63) is 103 Å². The molecule has 3 aromatic rings. The molecule has 8 nitrogen and oxygen atoms in total. The lowest BCUT2D eigenvalue weighted by atomic mass is 10.1. The van der Waals surface area contributed by atoms with E-state index in [2.05, 4.69) is 20.9 Å². The second kappa shape index (κ2) is 10.1. The standard InChI is InChI=1S/C26H21BrN2O6/c1-15-5-4-6-17(9-15)14-34-24-20(27)11-18(13-23(24)33-3)12-21-26(30)35-25(28-21)19-7-8-22(29(31)32)16(2)10-19/h4-13H,14H2,1-3H3/b21-12-. The van der Waals surface area contributed by atoms with Gasteiger partial charge in [-0.15, -0.1) is 0 Å². The van der Waals surface area contributed by atoms with Gasteiger partial charge in [0.1, 0.15) is 6.61 Å². The van der Waals surface area contributed by atoms with Crippen LogP contribution in [0.1, 0.15) is 27.8 Å². The molecule has 9 heteroatoms. The number of carbonyl (C=O) groups excluding carboxylic acids is 1. The molecule has 1 aliphatic heterocycles. The van der Waals surface area contributed by atoms with Crippen molar-refractivity contribution in [3.8, 4) is 11.5 Å². The maximum absolute atomic E-state index is 12.4. The average Bonchev–Trinajstić information content (AvgIpc) is 3.17. The molecule has 1 heterocycles. The second-order valence-electron chi connectivity index (χ2n) is 7.91. The van der Waals surface area contributed by atoms with E-state index in [0.29, 0.717) is 39.3 Å². The lowest BCUT2D eigenvalue weighted by molar-refractivity contribution is -0.385. The highest BCUT2D eigenvalue weighted by Gasteiger charge is 2.25. The highest BCUT2D eigenvalue weighted by atomic mass is 79.9. The number of nitro benzene ring substituents is 1. The SMILES string of the molecule is COc1cc(/C=C2\N=C(c3ccc([N+](=O)[O-])c(C)c3)OC2=O)cc(Br)c1OCc1cccc(C)c1. The van der Waals surface area contributed by atoms with Gasteiger partial charge < -0.3 is 14.2 Å². The van der Waals surface area contributed by atoms with Gasteiger partial charge in [0.2, 0.25) is 5.90 Å². The summed E-state index contributed by atoms with van der Waals surface area (Å²) in [7, 11) is 1.54. The van der Waals surface area contributed by atoms with Crippen molar-refractivity contribution in [1.29, 1.82) is 0 Å². The fourth-order valence-corrected chi connectivity index (χ4v) is 4.18. The molecule has 0 atom stereocenters. The van der Waals surface area contributed by atoms with Crippen LogP contribution in [0.4, 0.5) is 5.69 Å². The van der Waals surface area contributed by atoms with Gasteiger partial charge in [-0.1, -0.05) is 29.8 Å². The van der Waals surface area contributed by atoms with Crippen molar-refractivity contribution < 1.29 is 23.9 Å². The molecule has 35 heavy (non-hydrogen) atoms. The summed E-state index contributed by atoms with van der Waals surface area (Å²) in [5.74, 6) is 0.491. The van der Waals surface area contributed by atoms with E-state index in [1.807, 2.05) is 31.2 Å². The summed E-state index contributed by atoms with van der Waals surface area (Å²) in [5, 5.41) is 11.0. The minimum atomic E-state index is -0.620. The van der Waals surface area contributed by atoms with Gasteiger partial charge in [-0.25, -0.2) is 9.79 Å². The highest BCUT2D eigenvalue weighted by Crippen LogP contribution is 2.38. The molecule has 0 bridgehead atoms. The number of hydrogen-bond acceptors (Lipinski definition) is 7. The number of esters is 1. The molecule has 0 aromatic heterocycles. The third-order valence-corrected chi connectivity index (χ3v) is 5.87. The fourth-order valence-electron chi connectivity index (χ4n) is 3.60. The first kappa shape index (κ1) is 24.2. The van der Waals surface area contributed by atoms with Crippen LogP contribution in [0.5, 0.6) is 11.5 Å². The number of cyclic esters (lactones) is 1. The van der Waals surface area contributed by atoms with E-state index in [1.54, 1.807) is 31.2 Å². The first-order chi connectivity index (χ1) is 16.7. The van der Waals surface area contributed by atoms with Crippen LogP contribution in [0.3, 0.4) is 0 Å². The van der Waals surface area contributed by atoms with Gasteiger partial charge >= 0.3 is 5.97 Å². The Kier molecular flexibility index (Phi) is 6.97. The molecule has 178 valence electrons. The van der Waals surface area contributed by atoms with Crippen molar-refractivity contribution in [2.45, 2.75) is 20.5 Å². The number of rotatable bonds is 7. The number of hydrogen-bond donors (Lipinski definition) is 0. The molecule has 0 fully saturated rings. The molecular weight excluding hydrogens is 516 g/mol. The lowest BCUT2D eigenvalue weighted by Gasteiger charge is -2.14. The van der Waals surface area contributed by atoms with Crippen LogP contribution in [-0.4, -0.2) is 23.9 Å². The number of nitro groups is 1. The molecule has 1 aliphatic rings. The first-order valence-corrected chi connectivity index (χ1v) is 11.4. The predicted octanol–water partition coefficient (Wildman–Crippen LogP) is 5.91. The number of aliphatic imine (C=N–C) groups is 1. The first-order valence-electron chi connectivity index (χ1n) is 10.6. The van der Waals surface area contributed by atoms with Crippen molar-refractivity contribution >= 4 is 39.6 Å². The van der Waals surface area contributed by atoms with Crippen LogP contribution in [0.2, 0.25) is 0 Å². The van der Waals surface area contributed by atoms with Gasteiger partial charge in [-0.3, -0.25) is 10.1 Å². The molecule has 0 spiro atoms. The Balaban J connectivity index is 1.59. The molecule has 0 saturated carbocycles. The Bertz CT molecular complexity index is 1400. The summed E-state index contributed by atoms with van der Waals surface area (Å²) in [5.41, 5.74) is 3.82. The monoisotopic (exact) mass is 536 g/mol. The van der Waals surface area contributed by atoms with Crippen molar-refractivity contribution in [2.24, 2.45) is 4.99 Å². The zero-order valence-corrected chi connectivity index (χ0v) is 20.8. The fraction of sp³-hybridized carbons (Fsp3) is 0.154. The van der Waals surface area contributed by atoms with Crippen LogP contribution in [0, 0.1) is 24.0 Å². The maximum atomic E-state index is 12.4. The summed E-state index contributed by atoms with van der Waals surface area (Å²) in [6.45, 7) is 4.00. The summed E-state index contributed by atoms with van der Waals surface area (Å²) < 4.78 is 17.5. The second-order valence-corrected chi connectivity index (χ2v) is 8.76. The highest BCUT2D eigenvalue weighted by molar-refractivity contribution is 9.10. The van der Waals surface area contributed by atoms with Crippen LogP contribution < -0.4 is 9.47 Å². The smallest absolute Gasteiger partial charge is 0.363 e. The molecule has 0 unspecified atom stereocenters. The lowest BCUT2D eigenvalue weighted by Crippen LogP contribution is -2.06. The van der Waals surface area contributed by atoms with Crippen LogP contribution in [-0.2, 0) is 16.1 Å². The van der Waals surface area contributed by atoms with Crippen LogP contribution >= 0.6 is 15.9 Å². The van der Waals surface area contributed by atoms with Gasteiger partial charge in [0.15, 0.2) is 17.2 Å². The number of nitrogens with zero attached hydrogens (tertiary/aromatic N) is 2. The number of carbonyl (C=O) groups is 1. The molecule has 0 N–H and O–H groups in total. The van der Waals surface area contributed by atoms with E-state index in [9.17, 15) is 14.9 Å². The van der Waals surface area contributed by atoms with Crippen LogP contribution in [0.15, 0.2) is 69.8 Å². The Morgan fingerprint density at radius 3 is 2.63 bits per heavy atom. The van der Waals surface area contributed by atoms with E-state index in [1.165, 1.54) is 19.2 Å². The summed E-state index contributed by atoms with van der Waals surface area (Å²) in [6, 6.07) is 16.0. The van der Waals surface area contributed by atoms with Gasteiger partial charge in [-0.05, 0) is 71.2 Å². The zero-order valence-electron chi connectivity index (χ0n) is 19.2. The Hall–Kier alpha value is -3.98. The third-order valence-electron chi connectivity index (χ3n) is 5.28. The molecular formula is C26H21BrN2O6. The molecule has 0 radical (unpaired) electrons. The van der Waals surface area contributed by atoms with Crippen molar-refractivity contribution in [1.82, 2.24) is 0 Å². The van der Waals surface area contributed by atoms with E-state index in [-0.39, 0.29) is 17.3 Å². The number of methoxy groups -OCH3 is 1. The number of aryl methyl sites for hydroxylation is 2. The summed E-state index contributed by atoms with van der Waals surface area (Å²) >= 11 is 3.53. The largest absolute Gasteiger partial charge is 0.493 e. The van der Waals surface area contributed by atoms with Gasteiger partial charge in [-0.2, -0.15) is 0 Å². The van der Waals surface area contributed by atoms with Gasteiger partial charge in [0.25, 0.3) is 5.69 Å². The third kappa shape index (κ3) is 5.41. The number of halogens is 1. The predicted molar refractivity (Wildman–Crippen MR) is 135 cm³/mol. The van der Waals surface area contributed by atoms with E-state index >= 15 is 0 Å². The molecule has 0 amide bonds. The summed E-state index contributed by atoms with van der Waals surface area (Å²) in [6.07, 6.45) is 1.57.